The van der Waals surface area contributed by atoms with Gasteiger partial charge in [0, 0.05) is 17.4 Å². The van der Waals surface area contributed by atoms with E-state index in [9.17, 15) is 4.91 Å². The fraction of sp³-hybridized carbons (Fsp3) is 0.600. The number of nitroso groups, excluding NO2 is 1. The smallest absolute Gasteiger partial charge is 0.126 e. The molecule has 1 aromatic rings. The molecule has 0 amide bonds. The molecule has 0 saturated carbocycles. The highest BCUT2D eigenvalue weighted by Crippen LogP contribution is 2.52. The largest absolute Gasteiger partial charge is 0.487 e. The molecule has 0 bridgehead atoms. The molecule has 2 unspecified atom stereocenters. The number of nitrogens with zero attached hydrogens (tertiary/aromatic N) is 1. The molecule has 1 aliphatic heterocycles. The summed E-state index contributed by atoms with van der Waals surface area (Å²) in [4.78, 5) is 11.5. The summed E-state index contributed by atoms with van der Waals surface area (Å²) in [6, 6.07) is 4.11. The van der Waals surface area contributed by atoms with Gasteiger partial charge < -0.3 is 4.74 Å². The first-order valence-corrected chi connectivity index (χ1v) is 8.92. The average molecular weight is 313 g/mol. The Bertz CT molecular complexity index is 618. The van der Waals surface area contributed by atoms with Crippen LogP contribution in [0.3, 0.4) is 0 Å². The zero-order chi connectivity index (χ0) is 16.4. The summed E-state index contributed by atoms with van der Waals surface area (Å²) in [6.07, 6.45) is 11.2. The van der Waals surface area contributed by atoms with Gasteiger partial charge in [-0.2, -0.15) is 0 Å². The van der Waals surface area contributed by atoms with Gasteiger partial charge in [-0.25, -0.2) is 0 Å². The van der Waals surface area contributed by atoms with Gasteiger partial charge in [-0.05, 0) is 62.4 Å². The molecule has 2 aliphatic rings. The van der Waals surface area contributed by atoms with Gasteiger partial charge in [0.1, 0.15) is 17.0 Å². The van der Waals surface area contributed by atoms with Crippen LogP contribution in [0.2, 0.25) is 0 Å². The third kappa shape index (κ3) is 3.06. The molecule has 2 atom stereocenters. The van der Waals surface area contributed by atoms with Crippen molar-refractivity contribution >= 4 is 5.69 Å². The van der Waals surface area contributed by atoms with Crippen molar-refractivity contribution in [1.29, 1.82) is 0 Å². The second kappa shape index (κ2) is 6.46. The number of benzene rings is 1. The molecule has 0 spiro atoms. The third-order valence-electron chi connectivity index (χ3n) is 5.37. The van der Waals surface area contributed by atoms with E-state index >= 15 is 0 Å². The molecule has 3 rings (SSSR count). The first-order valence-electron chi connectivity index (χ1n) is 8.92. The van der Waals surface area contributed by atoms with Crippen LogP contribution in [0.1, 0.15) is 69.9 Å². The van der Waals surface area contributed by atoms with E-state index in [-0.39, 0.29) is 11.5 Å². The molecule has 1 aromatic carbocycles. The van der Waals surface area contributed by atoms with E-state index in [0.717, 1.165) is 37.0 Å². The number of rotatable bonds is 5. The van der Waals surface area contributed by atoms with Crippen molar-refractivity contribution in [3.63, 3.8) is 0 Å². The second-order valence-corrected chi connectivity index (χ2v) is 7.42. The molecule has 1 aliphatic carbocycles. The average Bonchev–Trinajstić information content (AvgIpc) is 2.54. The van der Waals surface area contributed by atoms with Crippen LogP contribution >= 0.6 is 0 Å². The van der Waals surface area contributed by atoms with Crippen molar-refractivity contribution < 1.29 is 4.74 Å². The topological polar surface area (TPSA) is 38.7 Å². The number of hydrogen-bond acceptors (Lipinski definition) is 3. The molecule has 1 heterocycles. The van der Waals surface area contributed by atoms with Crippen molar-refractivity contribution in [3.8, 4) is 5.75 Å². The van der Waals surface area contributed by atoms with E-state index in [2.05, 4.69) is 44.2 Å². The van der Waals surface area contributed by atoms with Crippen LogP contribution in [0, 0.1) is 10.8 Å². The SMILES string of the molecule is CCCCCc1cc(N=O)c2c(c1)OC(C)(C)C1CCC=CC21. The summed E-state index contributed by atoms with van der Waals surface area (Å²) >= 11 is 0. The van der Waals surface area contributed by atoms with Crippen molar-refractivity contribution in [3.05, 3.63) is 40.3 Å². The zero-order valence-corrected chi connectivity index (χ0v) is 14.5. The summed E-state index contributed by atoms with van der Waals surface area (Å²) in [5.41, 5.74) is 2.54. The summed E-state index contributed by atoms with van der Waals surface area (Å²) in [5, 5.41) is 3.35. The molecule has 0 N–H and O–H groups in total. The van der Waals surface area contributed by atoms with Crippen molar-refractivity contribution in [2.45, 2.75) is 70.8 Å². The molecular formula is C20H27NO2. The van der Waals surface area contributed by atoms with E-state index in [1.54, 1.807) is 0 Å². The molecule has 0 saturated heterocycles. The standard InChI is InChI=1S/C20H27NO2/c1-4-5-6-9-14-12-17(21-22)19-15-10-7-8-11-16(15)20(2,3)23-18(19)13-14/h7,10,12-13,15-16H,4-6,8-9,11H2,1-3H3. The zero-order valence-electron chi connectivity index (χ0n) is 14.5. The van der Waals surface area contributed by atoms with E-state index in [1.807, 2.05) is 6.07 Å². The lowest BCUT2D eigenvalue weighted by Crippen LogP contribution is -2.44. The predicted molar refractivity (Wildman–Crippen MR) is 94.4 cm³/mol. The fourth-order valence-electron chi connectivity index (χ4n) is 4.15. The van der Waals surface area contributed by atoms with E-state index in [0.29, 0.717) is 11.6 Å². The molecule has 124 valence electrons. The minimum atomic E-state index is -0.204. The highest BCUT2D eigenvalue weighted by Gasteiger charge is 2.44. The van der Waals surface area contributed by atoms with Gasteiger partial charge >= 0.3 is 0 Å². The predicted octanol–water partition coefficient (Wildman–Crippen LogP) is 6.04. The van der Waals surface area contributed by atoms with Gasteiger partial charge in [0.15, 0.2) is 0 Å². The Morgan fingerprint density at radius 2 is 2.13 bits per heavy atom. The number of allylic oxidation sites excluding steroid dienone is 2. The number of fused-ring (bicyclic) bond motifs is 3. The highest BCUT2D eigenvalue weighted by atomic mass is 16.5. The van der Waals surface area contributed by atoms with Crippen molar-refractivity contribution in [2.75, 3.05) is 0 Å². The van der Waals surface area contributed by atoms with Gasteiger partial charge in [-0.3, -0.25) is 0 Å². The maximum Gasteiger partial charge on any atom is 0.126 e. The van der Waals surface area contributed by atoms with Gasteiger partial charge in [0.05, 0.1) is 0 Å². The number of unbranched alkanes of at least 4 members (excludes halogenated alkanes) is 2. The lowest BCUT2D eigenvalue weighted by atomic mass is 9.69. The normalized spacial score (nSPS) is 24.5. The lowest BCUT2D eigenvalue weighted by Gasteiger charge is -2.46. The molecular weight excluding hydrogens is 286 g/mol. The molecule has 0 radical (unpaired) electrons. The van der Waals surface area contributed by atoms with Gasteiger partial charge in [0.2, 0.25) is 0 Å². The molecule has 23 heavy (non-hydrogen) atoms. The Hall–Kier alpha value is -1.64. The lowest BCUT2D eigenvalue weighted by molar-refractivity contribution is 0.0126. The Balaban J connectivity index is 2.02. The van der Waals surface area contributed by atoms with Crippen LogP contribution in [0.4, 0.5) is 5.69 Å². The maximum atomic E-state index is 11.5. The van der Waals surface area contributed by atoms with Crippen LogP contribution in [-0.4, -0.2) is 5.60 Å². The Morgan fingerprint density at radius 1 is 1.30 bits per heavy atom. The minimum absolute atomic E-state index is 0.204. The van der Waals surface area contributed by atoms with Gasteiger partial charge in [0.25, 0.3) is 0 Å². The molecule has 0 fully saturated rings. The van der Waals surface area contributed by atoms with Gasteiger partial charge in [-0.1, -0.05) is 31.9 Å². The number of hydrogen-bond donors (Lipinski definition) is 0. The van der Waals surface area contributed by atoms with E-state index in [4.69, 9.17) is 4.74 Å². The second-order valence-electron chi connectivity index (χ2n) is 7.42. The Labute approximate surface area is 139 Å². The quantitative estimate of drug-likeness (QED) is 0.378. The number of ether oxygens (including phenoxy) is 1. The summed E-state index contributed by atoms with van der Waals surface area (Å²) in [6.45, 7) is 6.54. The van der Waals surface area contributed by atoms with Crippen LogP contribution in [0.25, 0.3) is 0 Å². The molecule has 3 heteroatoms. The first-order chi connectivity index (χ1) is 11.1. The summed E-state index contributed by atoms with van der Waals surface area (Å²) in [7, 11) is 0. The highest BCUT2D eigenvalue weighted by molar-refractivity contribution is 5.61. The van der Waals surface area contributed by atoms with Crippen LogP contribution < -0.4 is 4.74 Å². The van der Waals surface area contributed by atoms with Crippen molar-refractivity contribution in [2.24, 2.45) is 11.1 Å². The monoisotopic (exact) mass is 313 g/mol. The van der Waals surface area contributed by atoms with Crippen LogP contribution in [-0.2, 0) is 6.42 Å². The number of aryl methyl sites for hydroxylation is 1. The summed E-state index contributed by atoms with van der Waals surface area (Å²) < 4.78 is 6.35. The van der Waals surface area contributed by atoms with Crippen molar-refractivity contribution in [1.82, 2.24) is 0 Å². The minimum Gasteiger partial charge on any atom is -0.487 e. The fourth-order valence-corrected chi connectivity index (χ4v) is 4.15. The molecule has 3 nitrogen and oxygen atoms in total. The summed E-state index contributed by atoms with van der Waals surface area (Å²) in [5.74, 6) is 1.53. The Kier molecular flexibility index (Phi) is 4.56. The van der Waals surface area contributed by atoms with Crippen LogP contribution in [0.15, 0.2) is 29.5 Å². The maximum absolute atomic E-state index is 11.5. The van der Waals surface area contributed by atoms with E-state index < -0.39 is 0 Å². The third-order valence-corrected chi connectivity index (χ3v) is 5.37. The van der Waals surface area contributed by atoms with Gasteiger partial charge in [-0.15, -0.1) is 4.91 Å². The first kappa shape index (κ1) is 16.2. The van der Waals surface area contributed by atoms with E-state index in [1.165, 1.54) is 18.4 Å². The van der Waals surface area contributed by atoms with Crippen LogP contribution in [0.5, 0.6) is 5.75 Å². The molecule has 0 aromatic heterocycles. The Morgan fingerprint density at radius 3 is 2.87 bits per heavy atom.